The predicted octanol–water partition coefficient (Wildman–Crippen LogP) is -0.201. The molecule has 0 saturated carbocycles. The van der Waals surface area contributed by atoms with Crippen molar-refractivity contribution in [2.24, 2.45) is 7.05 Å². The minimum Gasteiger partial charge on any atom is -0.353 e. The highest BCUT2D eigenvalue weighted by Crippen LogP contribution is 2.27. The van der Waals surface area contributed by atoms with Crippen molar-refractivity contribution >= 4 is 16.9 Å². The smallest absolute Gasteiger partial charge is 0.186 e. The fourth-order valence-corrected chi connectivity index (χ4v) is 3.24. The van der Waals surface area contributed by atoms with Gasteiger partial charge in [0.1, 0.15) is 12.1 Å². The van der Waals surface area contributed by atoms with Crippen molar-refractivity contribution in [1.29, 1.82) is 0 Å². The third-order valence-electron chi connectivity index (χ3n) is 4.63. The van der Waals surface area contributed by atoms with Gasteiger partial charge >= 0.3 is 0 Å². The molecule has 2 aromatic rings. The minimum atomic E-state index is 0.667. The summed E-state index contributed by atoms with van der Waals surface area (Å²) in [6.45, 7) is 6.84. The van der Waals surface area contributed by atoms with Crippen LogP contribution in [-0.4, -0.2) is 81.9 Å². The lowest BCUT2D eigenvalue weighted by molar-refractivity contribution is 0.0962. The van der Waals surface area contributed by atoms with E-state index in [9.17, 15) is 0 Å². The van der Waals surface area contributed by atoms with Gasteiger partial charge in [-0.2, -0.15) is 5.10 Å². The summed E-state index contributed by atoms with van der Waals surface area (Å²) >= 11 is 0. The van der Waals surface area contributed by atoms with Gasteiger partial charge in [0.05, 0.1) is 5.39 Å². The lowest BCUT2D eigenvalue weighted by Crippen LogP contribution is -2.63. The van der Waals surface area contributed by atoms with Crippen LogP contribution in [-0.2, 0) is 7.05 Å². The van der Waals surface area contributed by atoms with Gasteiger partial charge in [-0.25, -0.2) is 9.97 Å². The molecule has 0 N–H and O–H groups in total. The molecular formula is C14H21N7. The highest BCUT2D eigenvalue weighted by Gasteiger charge is 2.34. The number of hydrogen-bond acceptors (Lipinski definition) is 6. The molecule has 2 saturated heterocycles. The molecule has 4 rings (SSSR count). The van der Waals surface area contributed by atoms with Gasteiger partial charge < -0.3 is 9.80 Å². The first-order chi connectivity index (χ1) is 10.2. The van der Waals surface area contributed by atoms with E-state index in [2.05, 4.69) is 36.8 Å². The molecule has 4 heterocycles. The van der Waals surface area contributed by atoms with E-state index >= 15 is 0 Å². The summed E-state index contributed by atoms with van der Waals surface area (Å²) in [6.07, 6.45) is 3.63. The third-order valence-corrected chi connectivity index (χ3v) is 4.63. The van der Waals surface area contributed by atoms with E-state index in [1.165, 1.54) is 26.2 Å². The summed E-state index contributed by atoms with van der Waals surface area (Å²) in [6, 6.07) is 0.667. The Morgan fingerprint density at radius 1 is 1.05 bits per heavy atom. The highest BCUT2D eigenvalue weighted by molar-refractivity contribution is 5.86. The maximum absolute atomic E-state index is 4.47. The summed E-state index contributed by atoms with van der Waals surface area (Å²) in [5.41, 5.74) is 0.783. The van der Waals surface area contributed by atoms with Crippen molar-refractivity contribution in [2.45, 2.75) is 6.04 Å². The van der Waals surface area contributed by atoms with Gasteiger partial charge in [0.2, 0.25) is 0 Å². The monoisotopic (exact) mass is 287 g/mol. The average molecular weight is 287 g/mol. The zero-order valence-electron chi connectivity index (χ0n) is 12.6. The molecule has 0 spiro atoms. The number of aryl methyl sites for hydroxylation is 1. The number of rotatable bonds is 2. The largest absolute Gasteiger partial charge is 0.353 e. The second-order valence-corrected chi connectivity index (χ2v) is 6.14. The Bertz CT molecular complexity index is 638. The molecule has 0 radical (unpaired) electrons. The summed E-state index contributed by atoms with van der Waals surface area (Å²) in [5.74, 6) is 1.03. The molecule has 0 aliphatic carbocycles. The van der Waals surface area contributed by atoms with Crippen LogP contribution in [0.4, 0.5) is 5.82 Å². The molecular weight excluding hydrogens is 266 g/mol. The van der Waals surface area contributed by atoms with Crippen LogP contribution < -0.4 is 4.90 Å². The number of piperazine rings is 1. The fourth-order valence-electron chi connectivity index (χ4n) is 3.24. The number of nitrogens with zero attached hydrogens (tertiary/aromatic N) is 7. The average Bonchev–Trinajstić information content (AvgIpc) is 2.80. The first-order valence-electron chi connectivity index (χ1n) is 7.52. The summed E-state index contributed by atoms with van der Waals surface area (Å²) in [7, 11) is 4.12. The van der Waals surface area contributed by atoms with Crippen LogP contribution in [0.25, 0.3) is 11.0 Å². The molecule has 0 amide bonds. The van der Waals surface area contributed by atoms with Gasteiger partial charge in [0.25, 0.3) is 0 Å². The lowest BCUT2D eigenvalue weighted by atomic mass is 10.1. The minimum absolute atomic E-state index is 0.667. The number of anilines is 1. The van der Waals surface area contributed by atoms with Crippen LogP contribution in [0.15, 0.2) is 12.5 Å². The van der Waals surface area contributed by atoms with Crippen LogP contribution in [0.5, 0.6) is 0 Å². The van der Waals surface area contributed by atoms with Crippen molar-refractivity contribution in [2.75, 3.05) is 51.2 Å². The van der Waals surface area contributed by atoms with E-state index in [-0.39, 0.29) is 0 Å². The maximum atomic E-state index is 4.47. The van der Waals surface area contributed by atoms with Crippen molar-refractivity contribution in [1.82, 2.24) is 29.5 Å². The Kier molecular flexibility index (Phi) is 3.04. The normalized spacial score (nSPS) is 21.9. The molecule has 7 heteroatoms. The zero-order chi connectivity index (χ0) is 14.4. The van der Waals surface area contributed by atoms with E-state index in [0.29, 0.717) is 6.04 Å². The Labute approximate surface area is 124 Å². The molecule has 2 aliphatic rings. The Balaban J connectivity index is 1.47. The lowest BCUT2D eigenvalue weighted by Gasteiger charge is -2.48. The number of fused-ring (bicyclic) bond motifs is 1. The number of aromatic nitrogens is 4. The third kappa shape index (κ3) is 2.26. The van der Waals surface area contributed by atoms with Gasteiger partial charge in [-0.05, 0) is 7.05 Å². The molecule has 2 fully saturated rings. The standard InChI is InChI=1S/C14H21N7/c1-18-3-5-20(6-4-18)11-7-21(8-11)14-12-9-19(2)17-13(12)15-10-16-14/h9-11H,3-8H2,1-2H3. The van der Waals surface area contributed by atoms with Crippen LogP contribution in [0.1, 0.15) is 0 Å². The highest BCUT2D eigenvalue weighted by atomic mass is 15.4. The first-order valence-corrected chi connectivity index (χ1v) is 7.52. The number of hydrogen-bond donors (Lipinski definition) is 0. The topological polar surface area (TPSA) is 53.3 Å². The van der Waals surface area contributed by atoms with Crippen LogP contribution >= 0.6 is 0 Å². The van der Waals surface area contributed by atoms with Gasteiger partial charge in [-0.3, -0.25) is 9.58 Å². The van der Waals surface area contributed by atoms with E-state index in [1.807, 2.05) is 13.2 Å². The molecule has 0 bridgehead atoms. The number of likely N-dealkylation sites (N-methyl/N-ethyl adjacent to an activating group) is 1. The Hall–Kier alpha value is -1.73. The molecule has 21 heavy (non-hydrogen) atoms. The van der Waals surface area contributed by atoms with E-state index in [0.717, 1.165) is 29.9 Å². The maximum Gasteiger partial charge on any atom is 0.186 e. The second kappa shape index (κ2) is 4.92. The Morgan fingerprint density at radius 3 is 2.57 bits per heavy atom. The molecule has 2 aliphatic heterocycles. The van der Waals surface area contributed by atoms with Crippen LogP contribution in [0.2, 0.25) is 0 Å². The SMILES string of the molecule is CN1CCN(C2CN(c3ncnc4nn(C)cc34)C2)CC1. The van der Waals surface area contributed by atoms with Crippen LogP contribution in [0, 0.1) is 0 Å². The van der Waals surface area contributed by atoms with E-state index in [1.54, 1.807) is 11.0 Å². The predicted molar refractivity (Wildman–Crippen MR) is 81.4 cm³/mol. The van der Waals surface area contributed by atoms with Gasteiger partial charge in [-0.1, -0.05) is 0 Å². The van der Waals surface area contributed by atoms with Gasteiger partial charge in [0, 0.05) is 58.6 Å². The van der Waals surface area contributed by atoms with Gasteiger partial charge in [0.15, 0.2) is 5.65 Å². The van der Waals surface area contributed by atoms with Gasteiger partial charge in [-0.15, -0.1) is 0 Å². The zero-order valence-corrected chi connectivity index (χ0v) is 12.6. The fraction of sp³-hybridized carbons (Fsp3) is 0.643. The van der Waals surface area contributed by atoms with Crippen molar-refractivity contribution in [3.8, 4) is 0 Å². The van der Waals surface area contributed by atoms with Crippen molar-refractivity contribution < 1.29 is 0 Å². The Morgan fingerprint density at radius 2 is 1.81 bits per heavy atom. The quantitative estimate of drug-likeness (QED) is 0.762. The molecule has 112 valence electrons. The van der Waals surface area contributed by atoms with E-state index < -0.39 is 0 Å². The first kappa shape index (κ1) is 13.0. The second-order valence-electron chi connectivity index (χ2n) is 6.14. The molecule has 0 atom stereocenters. The summed E-state index contributed by atoms with van der Waals surface area (Å²) < 4.78 is 1.81. The van der Waals surface area contributed by atoms with Crippen molar-refractivity contribution in [3.63, 3.8) is 0 Å². The molecule has 7 nitrogen and oxygen atoms in total. The van der Waals surface area contributed by atoms with E-state index in [4.69, 9.17) is 0 Å². The molecule has 2 aromatic heterocycles. The molecule has 0 unspecified atom stereocenters. The van der Waals surface area contributed by atoms with Crippen molar-refractivity contribution in [3.05, 3.63) is 12.5 Å². The molecule has 0 aromatic carbocycles. The van der Waals surface area contributed by atoms with Crippen LogP contribution in [0.3, 0.4) is 0 Å². The summed E-state index contributed by atoms with van der Waals surface area (Å²) in [4.78, 5) is 16.1. The summed E-state index contributed by atoms with van der Waals surface area (Å²) in [5, 5.41) is 5.41.